The van der Waals surface area contributed by atoms with Gasteiger partial charge in [0.2, 0.25) is 0 Å². The summed E-state index contributed by atoms with van der Waals surface area (Å²) in [6, 6.07) is 3.81. The van der Waals surface area contributed by atoms with Crippen molar-refractivity contribution in [3.05, 3.63) is 23.9 Å². The van der Waals surface area contributed by atoms with Crippen LogP contribution < -0.4 is 5.32 Å². The van der Waals surface area contributed by atoms with Crippen LogP contribution in [0.1, 0.15) is 49.4 Å². The first-order chi connectivity index (χ1) is 10.3. The zero-order valence-corrected chi connectivity index (χ0v) is 12.8. The Hall–Kier alpha value is -1.58. The van der Waals surface area contributed by atoms with Crippen LogP contribution in [0.4, 0.5) is 5.82 Å². The van der Waals surface area contributed by atoms with E-state index in [2.05, 4.69) is 22.1 Å². The zero-order valence-electron chi connectivity index (χ0n) is 12.8. The van der Waals surface area contributed by atoms with Crippen LogP contribution >= 0.6 is 0 Å². The molecule has 4 nitrogen and oxygen atoms in total. The second-order valence-corrected chi connectivity index (χ2v) is 6.46. The van der Waals surface area contributed by atoms with Gasteiger partial charge in [-0.25, -0.2) is 4.98 Å². The van der Waals surface area contributed by atoms with E-state index in [4.69, 9.17) is 0 Å². The SMILES string of the molecule is CCCNc1ccc(C(=O)N(CC2CC2)CC2CC2)cn1. The highest BCUT2D eigenvalue weighted by molar-refractivity contribution is 5.94. The molecule has 4 heteroatoms. The molecule has 1 amide bonds. The predicted molar refractivity (Wildman–Crippen MR) is 84.4 cm³/mol. The number of carbonyl (C=O) groups is 1. The average Bonchev–Trinajstić information content (AvgIpc) is 3.40. The van der Waals surface area contributed by atoms with Crippen molar-refractivity contribution in [1.29, 1.82) is 0 Å². The maximum absolute atomic E-state index is 12.7. The van der Waals surface area contributed by atoms with E-state index in [-0.39, 0.29) is 5.91 Å². The number of hydrogen-bond acceptors (Lipinski definition) is 3. The third-order valence-corrected chi connectivity index (χ3v) is 4.20. The Bertz CT molecular complexity index is 463. The third-order valence-electron chi connectivity index (χ3n) is 4.20. The molecule has 21 heavy (non-hydrogen) atoms. The van der Waals surface area contributed by atoms with Crippen LogP contribution in [0.3, 0.4) is 0 Å². The highest BCUT2D eigenvalue weighted by Crippen LogP contribution is 2.34. The molecule has 2 aliphatic rings. The van der Waals surface area contributed by atoms with E-state index < -0.39 is 0 Å². The van der Waals surface area contributed by atoms with Crippen molar-refractivity contribution in [3.63, 3.8) is 0 Å². The fraction of sp³-hybridized carbons (Fsp3) is 0.647. The molecule has 1 N–H and O–H groups in total. The summed E-state index contributed by atoms with van der Waals surface area (Å²) >= 11 is 0. The number of pyridine rings is 1. The van der Waals surface area contributed by atoms with E-state index in [1.807, 2.05) is 12.1 Å². The van der Waals surface area contributed by atoms with E-state index in [1.165, 1.54) is 25.7 Å². The van der Waals surface area contributed by atoms with Crippen molar-refractivity contribution in [1.82, 2.24) is 9.88 Å². The fourth-order valence-electron chi connectivity index (χ4n) is 2.53. The Labute approximate surface area is 126 Å². The first kappa shape index (κ1) is 14.4. The van der Waals surface area contributed by atoms with Crippen molar-refractivity contribution < 1.29 is 4.79 Å². The van der Waals surface area contributed by atoms with Gasteiger partial charge in [-0.15, -0.1) is 0 Å². The van der Waals surface area contributed by atoms with E-state index in [0.29, 0.717) is 0 Å². The minimum Gasteiger partial charge on any atom is -0.370 e. The molecule has 0 aliphatic heterocycles. The van der Waals surface area contributed by atoms with Gasteiger partial charge in [-0.2, -0.15) is 0 Å². The summed E-state index contributed by atoms with van der Waals surface area (Å²) in [7, 11) is 0. The molecule has 2 saturated carbocycles. The van der Waals surface area contributed by atoms with Crippen molar-refractivity contribution in [3.8, 4) is 0 Å². The molecule has 0 atom stereocenters. The van der Waals surface area contributed by atoms with E-state index in [9.17, 15) is 4.79 Å². The Morgan fingerprint density at radius 3 is 2.38 bits per heavy atom. The molecule has 3 rings (SSSR count). The molecule has 114 valence electrons. The Balaban J connectivity index is 1.62. The summed E-state index contributed by atoms with van der Waals surface area (Å²) in [6.45, 7) is 4.91. The van der Waals surface area contributed by atoms with Gasteiger partial charge in [0.05, 0.1) is 5.56 Å². The van der Waals surface area contributed by atoms with Crippen molar-refractivity contribution in [2.75, 3.05) is 25.0 Å². The number of nitrogens with one attached hydrogen (secondary N) is 1. The van der Waals surface area contributed by atoms with Crippen LogP contribution in [-0.2, 0) is 0 Å². The summed E-state index contributed by atoms with van der Waals surface area (Å²) in [5.74, 6) is 2.49. The van der Waals surface area contributed by atoms with Gasteiger partial charge in [-0.1, -0.05) is 6.92 Å². The Morgan fingerprint density at radius 1 is 1.24 bits per heavy atom. The molecule has 2 aliphatic carbocycles. The van der Waals surface area contributed by atoms with Crippen LogP contribution in [0.2, 0.25) is 0 Å². The van der Waals surface area contributed by atoms with Gasteiger partial charge >= 0.3 is 0 Å². The van der Waals surface area contributed by atoms with Gasteiger partial charge < -0.3 is 10.2 Å². The fourth-order valence-corrected chi connectivity index (χ4v) is 2.53. The number of nitrogens with zero attached hydrogens (tertiary/aromatic N) is 2. The van der Waals surface area contributed by atoms with Gasteiger partial charge in [0, 0.05) is 25.8 Å². The molecule has 0 aromatic carbocycles. The van der Waals surface area contributed by atoms with Crippen LogP contribution in [0, 0.1) is 11.8 Å². The second kappa shape index (κ2) is 6.46. The lowest BCUT2D eigenvalue weighted by molar-refractivity contribution is 0.0739. The second-order valence-electron chi connectivity index (χ2n) is 6.46. The summed E-state index contributed by atoms with van der Waals surface area (Å²) in [5, 5.41) is 3.24. The van der Waals surface area contributed by atoms with Crippen molar-refractivity contribution in [2.45, 2.75) is 39.0 Å². The molecule has 0 bridgehead atoms. The lowest BCUT2D eigenvalue weighted by atomic mass is 10.2. The highest BCUT2D eigenvalue weighted by Gasteiger charge is 2.31. The maximum Gasteiger partial charge on any atom is 0.255 e. The summed E-state index contributed by atoms with van der Waals surface area (Å²) in [6.07, 6.45) is 7.92. The predicted octanol–water partition coefficient (Wildman–Crippen LogP) is 3.17. The summed E-state index contributed by atoms with van der Waals surface area (Å²) < 4.78 is 0. The van der Waals surface area contributed by atoms with Gasteiger partial charge in [-0.05, 0) is 56.1 Å². The third kappa shape index (κ3) is 4.19. The van der Waals surface area contributed by atoms with E-state index in [1.54, 1.807) is 6.20 Å². The number of aromatic nitrogens is 1. The van der Waals surface area contributed by atoms with Crippen molar-refractivity contribution in [2.24, 2.45) is 11.8 Å². The summed E-state index contributed by atoms with van der Waals surface area (Å²) in [4.78, 5) is 19.1. The standard InChI is InChI=1S/C17H25N3O/c1-2-9-18-16-8-7-15(10-19-16)17(21)20(11-13-3-4-13)12-14-5-6-14/h7-8,10,13-14H,2-6,9,11-12H2,1H3,(H,18,19). The smallest absolute Gasteiger partial charge is 0.255 e. The van der Waals surface area contributed by atoms with E-state index >= 15 is 0 Å². The Morgan fingerprint density at radius 2 is 1.90 bits per heavy atom. The summed E-state index contributed by atoms with van der Waals surface area (Å²) in [5.41, 5.74) is 0.721. The van der Waals surface area contributed by atoms with Crippen LogP contribution in [0.15, 0.2) is 18.3 Å². The normalized spacial score (nSPS) is 17.6. The molecule has 1 aromatic heterocycles. The molecule has 0 spiro atoms. The van der Waals surface area contributed by atoms with E-state index in [0.717, 1.165) is 49.3 Å². The number of anilines is 1. The lowest BCUT2D eigenvalue weighted by Crippen LogP contribution is -2.34. The quantitative estimate of drug-likeness (QED) is 0.799. The van der Waals surface area contributed by atoms with Crippen LogP contribution in [0.5, 0.6) is 0 Å². The average molecular weight is 287 g/mol. The number of rotatable bonds is 8. The number of amides is 1. The minimum atomic E-state index is 0.156. The van der Waals surface area contributed by atoms with Crippen LogP contribution in [0.25, 0.3) is 0 Å². The molecule has 0 saturated heterocycles. The molecular formula is C17H25N3O. The first-order valence-corrected chi connectivity index (χ1v) is 8.25. The first-order valence-electron chi connectivity index (χ1n) is 8.25. The highest BCUT2D eigenvalue weighted by atomic mass is 16.2. The Kier molecular flexibility index (Phi) is 4.42. The zero-order chi connectivity index (χ0) is 14.7. The maximum atomic E-state index is 12.7. The van der Waals surface area contributed by atoms with Crippen molar-refractivity contribution >= 4 is 11.7 Å². The molecular weight excluding hydrogens is 262 g/mol. The minimum absolute atomic E-state index is 0.156. The number of hydrogen-bond donors (Lipinski definition) is 1. The largest absolute Gasteiger partial charge is 0.370 e. The number of carbonyl (C=O) groups excluding carboxylic acids is 1. The van der Waals surface area contributed by atoms with Crippen LogP contribution in [-0.4, -0.2) is 35.4 Å². The molecule has 0 radical (unpaired) electrons. The molecule has 0 unspecified atom stereocenters. The monoisotopic (exact) mass is 287 g/mol. The van der Waals surface area contributed by atoms with Gasteiger partial charge in [-0.3, -0.25) is 4.79 Å². The van der Waals surface area contributed by atoms with Gasteiger partial charge in [0.15, 0.2) is 0 Å². The lowest BCUT2D eigenvalue weighted by Gasteiger charge is -2.22. The molecule has 1 aromatic rings. The van der Waals surface area contributed by atoms with Gasteiger partial charge in [0.1, 0.15) is 5.82 Å². The molecule has 1 heterocycles. The topological polar surface area (TPSA) is 45.2 Å². The van der Waals surface area contributed by atoms with Gasteiger partial charge in [0.25, 0.3) is 5.91 Å². The molecule has 2 fully saturated rings.